The molecule has 0 amide bonds. The zero-order valence-electron chi connectivity index (χ0n) is 13.9. The summed E-state index contributed by atoms with van der Waals surface area (Å²) in [5.74, 6) is -0.979. The Kier molecular flexibility index (Phi) is 4.04. The van der Waals surface area contributed by atoms with E-state index >= 15 is 0 Å². The quantitative estimate of drug-likeness (QED) is 0.794. The van der Waals surface area contributed by atoms with Crippen LogP contribution in [0.3, 0.4) is 0 Å². The average Bonchev–Trinajstić information content (AvgIpc) is 3.40. The maximum Gasteiger partial charge on any atom is 0.338 e. The molecule has 1 aliphatic carbocycles. The Morgan fingerprint density at radius 2 is 1.75 bits per heavy atom. The molecule has 2 saturated heterocycles. The van der Waals surface area contributed by atoms with Gasteiger partial charge in [-0.05, 0) is 37.8 Å². The van der Waals surface area contributed by atoms with Gasteiger partial charge < -0.3 is 9.47 Å². The molecular weight excluding hydrogens is 306 g/mol. The maximum absolute atomic E-state index is 12.4. The van der Waals surface area contributed by atoms with Crippen molar-refractivity contribution in [3.05, 3.63) is 35.9 Å². The Balaban J connectivity index is 1.55. The van der Waals surface area contributed by atoms with E-state index in [0.717, 1.165) is 19.3 Å². The first kappa shape index (κ1) is 15.6. The summed E-state index contributed by atoms with van der Waals surface area (Å²) in [5.41, 5.74) is 0.526. The van der Waals surface area contributed by atoms with Gasteiger partial charge in [-0.3, -0.25) is 9.69 Å². The molecular formula is C19H23NO4. The normalized spacial score (nSPS) is 32.4. The average molecular weight is 329 g/mol. The van der Waals surface area contributed by atoms with Gasteiger partial charge in [0.2, 0.25) is 0 Å². The lowest BCUT2D eigenvalue weighted by Crippen LogP contribution is -2.55. The topological polar surface area (TPSA) is 55.8 Å². The number of hydrogen-bond acceptors (Lipinski definition) is 5. The minimum Gasteiger partial charge on any atom is -0.469 e. The molecule has 4 unspecified atom stereocenters. The summed E-state index contributed by atoms with van der Waals surface area (Å²) in [7, 11) is 1.42. The number of ether oxygens (including phenoxy) is 2. The molecule has 0 aromatic heterocycles. The number of fused-ring (bicyclic) bond motifs is 2. The highest BCUT2D eigenvalue weighted by atomic mass is 16.6. The van der Waals surface area contributed by atoms with E-state index in [9.17, 15) is 9.59 Å². The molecule has 1 aromatic rings. The molecule has 0 spiro atoms. The minimum atomic E-state index is -0.391. The number of benzene rings is 1. The molecule has 5 heteroatoms. The number of esters is 2. The maximum atomic E-state index is 12.4. The van der Waals surface area contributed by atoms with Crippen LogP contribution in [0.15, 0.2) is 30.3 Å². The second-order valence-corrected chi connectivity index (χ2v) is 7.07. The van der Waals surface area contributed by atoms with Gasteiger partial charge in [-0.2, -0.15) is 0 Å². The van der Waals surface area contributed by atoms with Crippen molar-refractivity contribution < 1.29 is 19.1 Å². The Bertz CT molecular complexity index is 628. The predicted molar refractivity (Wildman–Crippen MR) is 87.4 cm³/mol. The molecule has 2 heterocycles. The number of nitrogens with zero attached hydrogens (tertiary/aromatic N) is 1. The van der Waals surface area contributed by atoms with Crippen LogP contribution in [0.2, 0.25) is 0 Å². The van der Waals surface area contributed by atoms with Gasteiger partial charge in [0.05, 0.1) is 12.7 Å². The molecule has 5 nitrogen and oxygen atoms in total. The number of methoxy groups -OCH3 is 1. The Morgan fingerprint density at radius 3 is 2.42 bits per heavy atom. The third-order valence-electron chi connectivity index (χ3n) is 5.63. The fourth-order valence-corrected chi connectivity index (χ4v) is 4.49. The third kappa shape index (κ3) is 2.71. The highest BCUT2D eigenvalue weighted by molar-refractivity contribution is 5.89. The molecule has 24 heavy (non-hydrogen) atoms. The lowest BCUT2D eigenvalue weighted by Gasteiger charge is -2.43. The highest BCUT2D eigenvalue weighted by Crippen LogP contribution is 2.46. The fraction of sp³-hybridized carbons (Fsp3) is 0.579. The van der Waals surface area contributed by atoms with Crippen molar-refractivity contribution in [1.82, 2.24) is 4.90 Å². The van der Waals surface area contributed by atoms with E-state index in [1.165, 1.54) is 20.0 Å². The number of carbonyl (C=O) groups excluding carboxylic acids is 2. The Labute approximate surface area is 141 Å². The van der Waals surface area contributed by atoms with Crippen LogP contribution in [0.1, 0.15) is 42.5 Å². The van der Waals surface area contributed by atoms with Crippen molar-refractivity contribution in [2.24, 2.45) is 5.92 Å². The van der Waals surface area contributed by atoms with Crippen LogP contribution in [0.5, 0.6) is 0 Å². The first-order valence-electron chi connectivity index (χ1n) is 8.80. The van der Waals surface area contributed by atoms with Crippen LogP contribution in [0.25, 0.3) is 0 Å². The molecule has 3 aliphatic rings. The summed E-state index contributed by atoms with van der Waals surface area (Å²) in [5, 5.41) is 0. The zero-order valence-corrected chi connectivity index (χ0v) is 13.9. The van der Waals surface area contributed by atoms with E-state index in [-0.39, 0.29) is 23.9 Å². The lowest BCUT2D eigenvalue weighted by molar-refractivity contribution is -0.157. The monoisotopic (exact) mass is 329 g/mol. The van der Waals surface area contributed by atoms with Gasteiger partial charge in [0.15, 0.2) is 0 Å². The summed E-state index contributed by atoms with van der Waals surface area (Å²) < 4.78 is 10.8. The number of piperidine rings is 1. The third-order valence-corrected chi connectivity index (χ3v) is 5.63. The minimum absolute atomic E-state index is 0.150. The van der Waals surface area contributed by atoms with E-state index in [0.29, 0.717) is 17.6 Å². The smallest absolute Gasteiger partial charge is 0.338 e. The molecule has 3 fully saturated rings. The van der Waals surface area contributed by atoms with Crippen LogP contribution >= 0.6 is 0 Å². The molecule has 4 atom stereocenters. The number of rotatable bonds is 4. The van der Waals surface area contributed by atoms with Crippen LogP contribution in [0, 0.1) is 5.92 Å². The van der Waals surface area contributed by atoms with Gasteiger partial charge in [-0.1, -0.05) is 18.2 Å². The molecule has 1 aromatic carbocycles. The van der Waals surface area contributed by atoms with Crippen molar-refractivity contribution >= 4 is 11.9 Å². The molecule has 0 radical (unpaired) electrons. The number of carbonyl (C=O) groups is 2. The van der Waals surface area contributed by atoms with Gasteiger partial charge in [0.25, 0.3) is 0 Å². The summed E-state index contributed by atoms with van der Waals surface area (Å²) >= 11 is 0. The largest absolute Gasteiger partial charge is 0.469 e. The van der Waals surface area contributed by atoms with Crippen LogP contribution in [-0.4, -0.2) is 48.2 Å². The van der Waals surface area contributed by atoms with Gasteiger partial charge in [-0.25, -0.2) is 4.79 Å². The van der Waals surface area contributed by atoms with E-state index in [2.05, 4.69) is 4.90 Å². The lowest BCUT2D eigenvalue weighted by atomic mass is 9.87. The van der Waals surface area contributed by atoms with E-state index in [1.54, 1.807) is 12.1 Å². The van der Waals surface area contributed by atoms with Gasteiger partial charge >= 0.3 is 11.9 Å². The summed E-state index contributed by atoms with van der Waals surface area (Å²) in [6, 6.07) is 10.2. The van der Waals surface area contributed by atoms with Crippen molar-refractivity contribution in [1.29, 1.82) is 0 Å². The fourth-order valence-electron chi connectivity index (χ4n) is 4.49. The first-order chi connectivity index (χ1) is 11.7. The molecule has 2 bridgehead atoms. The summed E-state index contributed by atoms with van der Waals surface area (Å²) in [6.45, 7) is 0. The van der Waals surface area contributed by atoms with Gasteiger partial charge in [0, 0.05) is 24.5 Å². The molecule has 1 saturated carbocycles. The van der Waals surface area contributed by atoms with Crippen molar-refractivity contribution in [3.63, 3.8) is 0 Å². The SMILES string of the molecule is COC(=O)C1C(OC(=O)c2ccccc2)CC2CCC1N2C1CC1. The zero-order chi connectivity index (χ0) is 16.7. The van der Waals surface area contributed by atoms with Gasteiger partial charge in [-0.15, -0.1) is 0 Å². The Hall–Kier alpha value is -1.88. The summed E-state index contributed by atoms with van der Waals surface area (Å²) in [6.07, 6.45) is 4.84. The van der Waals surface area contributed by atoms with Crippen LogP contribution in [0.4, 0.5) is 0 Å². The van der Waals surface area contributed by atoms with Crippen LogP contribution in [-0.2, 0) is 14.3 Å². The van der Waals surface area contributed by atoms with E-state index in [1.807, 2.05) is 18.2 Å². The molecule has 128 valence electrons. The number of hydrogen-bond donors (Lipinski definition) is 0. The Morgan fingerprint density at radius 1 is 1.04 bits per heavy atom. The van der Waals surface area contributed by atoms with Crippen LogP contribution < -0.4 is 0 Å². The molecule has 0 N–H and O–H groups in total. The van der Waals surface area contributed by atoms with Crippen molar-refractivity contribution in [2.75, 3.05) is 7.11 Å². The molecule has 2 aliphatic heterocycles. The second kappa shape index (κ2) is 6.20. The van der Waals surface area contributed by atoms with Crippen molar-refractivity contribution in [3.8, 4) is 0 Å². The highest BCUT2D eigenvalue weighted by Gasteiger charge is 2.55. The van der Waals surface area contributed by atoms with E-state index < -0.39 is 6.10 Å². The summed E-state index contributed by atoms with van der Waals surface area (Å²) in [4.78, 5) is 27.4. The first-order valence-corrected chi connectivity index (χ1v) is 8.80. The predicted octanol–water partition coefficient (Wildman–Crippen LogP) is 2.40. The van der Waals surface area contributed by atoms with E-state index in [4.69, 9.17) is 9.47 Å². The second-order valence-electron chi connectivity index (χ2n) is 7.07. The van der Waals surface area contributed by atoms with Gasteiger partial charge in [0.1, 0.15) is 12.0 Å². The van der Waals surface area contributed by atoms with Crippen molar-refractivity contribution in [2.45, 2.75) is 56.3 Å². The molecule has 4 rings (SSSR count). The standard InChI is InChI=1S/C19H23NO4/c1-23-19(22)17-15-10-9-14(20(15)13-7-8-13)11-16(17)24-18(21)12-5-3-2-4-6-12/h2-6,13-17H,7-11H2,1H3.